The Morgan fingerprint density at radius 3 is 1.30 bits per heavy atom. The van der Waals surface area contributed by atoms with Crippen molar-refractivity contribution in [2.24, 2.45) is 0 Å². The van der Waals surface area contributed by atoms with Crippen LogP contribution in [0.4, 0.5) is 0 Å². The molecule has 0 saturated carbocycles. The third-order valence-electron chi connectivity index (χ3n) is 11.4. The number of nitrogens with zero attached hydrogens (tertiary/aromatic N) is 3. The smallest absolute Gasteiger partial charge is 0.164 e. The summed E-state index contributed by atoms with van der Waals surface area (Å²) in [6, 6.07) is 78.3. The summed E-state index contributed by atoms with van der Waals surface area (Å²) >= 11 is 0. The van der Waals surface area contributed by atoms with Crippen molar-refractivity contribution in [3.05, 3.63) is 224 Å². The Morgan fingerprint density at radius 2 is 0.656 bits per heavy atom. The average Bonchev–Trinajstić information content (AvgIpc) is 3.73. The van der Waals surface area contributed by atoms with Gasteiger partial charge in [0.25, 0.3) is 0 Å². The summed E-state index contributed by atoms with van der Waals surface area (Å²) in [5.74, 6) is 1.80. The summed E-state index contributed by atoms with van der Waals surface area (Å²) in [7, 11) is 0. The second-order valence-electron chi connectivity index (χ2n) is 15.1. The third kappa shape index (κ3) is 6.86. The first-order valence-electron chi connectivity index (χ1n) is 20.5. The van der Waals surface area contributed by atoms with Gasteiger partial charge in [-0.3, -0.25) is 0 Å². The molecular weight excluding hydrogens is 743 g/mol. The molecule has 0 aliphatic carbocycles. The van der Waals surface area contributed by atoms with Gasteiger partial charge in [-0.05, 0) is 79.9 Å². The molecule has 286 valence electrons. The van der Waals surface area contributed by atoms with Gasteiger partial charge in [0.1, 0.15) is 11.2 Å². The minimum absolute atomic E-state index is 0.585. The van der Waals surface area contributed by atoms with Crippen LogP contribution in [0.15, 0.2) is 229 Å². The zero-order valence-electron chi connectivity index (χ0n) is 33.1. The van der Waals surface area contributed by atoms with E-state index in [4.69, 9.17) is 19.4 Å². The van der Waals surface area contributed by atoms with E-state index in [0.717, 1.165) is 66.4 Å². The van der Waals surface area contributed by atoms with Crippen LogP contribution in [0.2, 0.25) is 0 Å². The number of rotatable bonds is 8. The molecule has 2 heterocycles. The van der Waals surface area contributed by atoms with Crippen LogP contribution in [-0.4, -0.2) is 15.0 Å². The number of hydrogen-bond acceptors (Lipinski definition) is 4. The van der Waals surface area contributed by atoms with Crippen molar-refractivity contribution < 1.29 is 4.42 Å². The summed E-state index contributed by atoms with van der Waals surface area (Å²) < 4.78 is 6.56. The molecule has 0 N–H and O–H groups in total. The van der Waals surface area contributed by atoms with E-state index in [0.29, 0.717) is 17.5 Å². The van der Waals surface area contributed by atoms with E-state index in [1.54, 1.807) is 0 Å². The molecule has 0 amide bonds. The van der Waals surface area contributed by atoms with Crippen LogP contribution in [0.5, 0.6) is 0 Å². The molecule has 4 heteroatoms. The predicted molar refractivity (Wildman–Crippen MR) is 251 cm³/mol. The monoisotopic (exact) mass is 779 g/mol. The molecule has 0 aliphatic rings. The highest BCUT2D eigenvalue weighted by Gasteiger charge is 2.20. The molecule has 0 unspecified atom stereocenters. The normalized spacial score (nSPS) is 11.3. The largest absolute Gasteiger partial charge is 0.456 e. The molecule has 0 atom stereocenters. The molecule has 2 aromatic heterocycles. The van der Waals surface area contributed by atoms with Crippen LogP contribution in [0, 0.1) is 0 Å². The van der Waals surface area contributed by atoms with E-state index in [1.807, 2.05) is 48.5 Å². The van der Waals surface area contributed by atoms with E-state index >= 15 is 0 Å². The minimum atomic E-state index is 0.585. The van der Waals surface area contributed by atoms with Gasteiger partial charge >= 0.3 is 0 Å². The zero-order valence-corrected chi connectivity index (χ0v) is 33.1. The molecule has 0 bridgehead atoms. The Balaban J connectivity index is 1.04. The van der Waals surface area contributed by atoms with Crippen LogP contribution in [-0.2, 0) is 0 Å². The lowest BCUT2D eigenvalue weighted by atomic mass is 9.88. The summed E-state index contributed by atoms with van der Waals surface area (Å²) in [5.41, 5.74) is 15.9. The van der Waals surface area contributed by atoms with Gasteiger partial charge in [-0.25, -0.2) is 15.0 Å². The molecular formula is C57H37N3O. The van der Waals surface area contributed by atoms with Crippen LogP contribution < -0.4 is 0 Å². The van der Waals surface area contributed by atoms with E-state index < -0.39 is 0 Å². The van der Waals surface area contributed by atoms with Gasteiger partial charge in [0.2, 0.25) is 0 Å². The molecule has 61 heavy (non-hydrogen) atoms. The van der Waals surface area contributed by atoms with Gasteiger partial charge < -0.3 is 4.42 Å². The Hall–Kier alpha value is -8.21. The first-order chi connectivity index (χ1) is 30.2. The first-order valence-corrected chi connectivity index (χ1v) is 20.5. The molecule has 0 radical (unpaired) electrons. The number of fused-ring (bicyclic) bond motifs is 3. The summed E-state index contributed by atoms with van der Waals surface area (Å²) in [4.78, 5) is 15.3. The lowest BCUT2D eigenvalue weighted by molar-refractivity contribution is 0.669. The highest BCUT2D eigenvalue weighted by molar-refractivity contribution is 6.13. The molecule has 4 nitrogen and oxygen atoms in total. The molecule has 0 fully saturated rings. The molecule has 0 saturated heterocycles. The van der Waals surface area contributed by atoms with Gasteiger partial charge in [-0.1, -0.05) is 200 Å². The summed E-state index contributed by atoms with van der Waals surface area (Å²) in [6.07, 6.45) is 0. The number of benzene rings is 9. The molecule has 0 spiro atoms. The van der Waals surface area contributed by atoms with Crippen LogP contribution in [0.1, 0.15) is 0 Å². The second-order valence-corrected chi connectivity index (χ2v) is 15.1. The fourth-order valence-corrected chi connectivity index (χ4v) is 8.40. The van der Waals surface area contributed by atoms with E-state index in [-0.39, 0.29) is 0 Å². The number of furan rings is 1. The van der Waals surface area contributed by atoms with Crippen molar-refractivity contribution >= 4 is 21.9 Å². The van der Waals surface area contributed by atoms with E-state index in [1.165, 1.54) is 27.8 Å². The molecule has 0 aliphatic heterocycles. The van der Waals surface area contributed by atoms with Crippen molar-refractivity contribution in [1.29, 1.82) is 0 Å². The topological polar surface area (TPSA) is 51.8 Å². The zero-order chi connectivity index (χ0) is 40.5. The standard InChI is InChI=1S/C57H37N3O/c1-4-16-38(17-5-1)40-30-32-42(33-31-40)56-58-55(41-20-8-3-9-21-41)59-57(60-56)50-28-15-29-53-54(50)51-37-45(34-35-52(51)61-53)47-25-11-13-27-49(47)48-26-12-10-24-46(48)44-23-14-22-43(36-44)39-18-6-2-7-19-39/h1-37H. The molecule has 9 aromatic carbocycles. The summed E-state index contributed by atoms with van der Waals surface area (Å²) in [6.45, 7) is 0. The van der Waals surface area contributed by atoms with Gasteiger partial charge in [0.05, 0.1) is 0 Å². The summed E-state index contributed by atoms with van der Waals surface area (Å²) in [5, 5.41) is 1.96. The third-order valence-corrected chi connectivity index (χ3v) is 11.4. The lowest BCUT2D eigenvalue weighted by Crippen LogP contribution is -2.00. The lowest BCUT2D eigenvalue weighted by Gasteiger charge is -2.15. The van der Waals surface area contributed by atoms with Crippen LogP contribution in [0.3, 0.4) is 0 Å². The van der Waals surface area contributed by atoms with Crippen molar-refractivity contribution in [2.45, 2.75) is 0 Å². The highest BCUT2D eigenvalue weighted by Crippen LogP contribution is 2.42. The van der Waals surface area contributed by atoms with Gasteiger partial charge in [0, 0.05) is 27.5 Å². The SMILES string of the molecule is c1ccc(-c2ccc(-c3nc(-c4ccccc4)nc(-c4cccc5oc6ccc(-c7ccccc7-c7ccccc7-c7cccc(-c8ccccc8)c7)cc6c45)n3)cc2)cc1. The van der Waals surface area contributed by atoms with Crippen molar-refractivity contribution in [3.8, 4) is 89.8 Å². The van der Waals surface area contributed by atoms with Crippen molar-refractivity contribution in [3.63, 3.8) is 0 Å². The molecule has 11 aromatic rings. The van der Waals surface area contributed by atoms with E-state index in [9.17, 15) is 0 Å². The highest BCUT2D eigenvalue weighted by atomic mass is 16.3. The van der Waals surface area contributed by atoms with Crippen molar-refractivity contribution in [1.82, 2.24) is 15.0 Å². The Labute approximate surface area is 354 Å². The van der Waals surface area contributed by atoms with E-state index in [2.05, 4.69) is 176 Å². The second kappa shape index (κ2) is 15.5. The van der Waals surface area contributed by atoms with Gasteiger partial charge in [-0.2, -0.15) is 0 Å². The molecule has 11 rings (SSSR count). The number of aromatic nitrogens is 3. The maximum atomic E-state index is 6.56. The Kier molecular flexibility index (Phi) is 9.14. The quantitative estimate of drug-likeness (QED) is 0.154. The predicted octanol–water partition coefficient (Wildman–Crippen LogP) is 15.1. The fraction of sp³-hybridized carbons (Fsp3) is 0. The average molecular weight is 780 g/mol. The first kappa shape index (κ1) is 35.9. The Morgan fingerprint density at radius 1 is 0.246 bits per heavy atom. The minimum Gasteiger partial charge on any atom is -0.456 e. The van der Waals surface area contributed by atoms with Crippen LogP contribution in [0.25, 0.3) is 112 Å². The maximum absolute atomic E-state index is 6.56. The van der Waals surface area contributed by atoms with Gasteiger partial charge in [-0.15, -0.1) is 0 Å². The number of hydrogen-bond donors (Lipinski definition) is 0. The fourth-order valence-electron chi connectivity index (χ4n) is 8.40. The maximum Gasteiger partial charge on any atom is 0.164 e. The Bertz CT molecular complexity index is 3340. The van der Waals surface area contributed by atoms with Gasteiger partial charge in [0.15, 0.2) is 17.5 Å². The van der Waals surface area contributed by atoms with Crippen LogP contribution >= 0.6 is 0 Å². The van der Waals surface area contributed by atoms with Crippen molar-refractivity contribution in [2.75, 3.05) is 0 Å².